The van der Waals surface area contributed by atoms with E-state index < -0.39 is 0 Å². The number of carbonyl (C=O) groups excluding carboxylic acids is 1. The van der Waals surface area contributed by atoms with Crippen molar-refractivity contribution in [3.05, 3.63) is 28.7 Å². The molecule has 104 valence electrons. The Morgan fingerprint density at radius 3 is 2.68 bits per heavy atom. The number of hydrogen-bond donors (Lipinski definition) is 2. The SMILES string of the molecule is CCCC1(C(=O)Nc2ccccc2Br)CCNCC1. The van der Waals surface area contributed by atoms with Crippen LogP contribution in [0.2, 0.25) is 0 Å². The van der Waals surface area contributed by atoms with E-state index in [2.05, 4.69) is 33.5 Å². The summed E-state index contributed by atoms with van der Waals surface area (Å²) in [7, 11) is 0. The first-order valence-corrected chi connectivity index (χ1v) is 7.74. The summed E-state index contributed by atoms with van der Waals surface area (Å²) in [6, 6.07) is 7.77. The number of hydrogen-bond acceptors (Lipinski definition) is 2. The number of nitrogens with one attached hydrogen (secondary N) is 2. The Labute approximate surface area is 123 Å². The van der Waals surface area contributed by atoms with Crippen LogP contribution in [0.4, 0.5) is 5.69 Å². The normalized spacial score (nSPS) is 18.0. The molecule has 0 saturated carbocycles. The molecule has 19 heavy (non-hydrogen) atoms. The molecule has 3 nitrogen and oxygen atoms in total. The maximum Gasteiger partial charge on any atom is 0.230 e. The van der Waals surface area contributed by atoms with E-state index in [9.17, 15) is 4.79 Å². The van der Waals surface area contributed by atoms with Crippen LogP contribution in [0.25, 0.3) is 0 Å². The van der Waals surface area contributed by atoms with Gasteiger partial charge in [0.2, 0.25) is 5.91 Å². The fourth-order valence-electron chi connectivity index (χ4n) is 2.79. The molecule has 1 heterocycles. The number of rotatable bonds is 4. The predicted molar refractivity (Wildman–Crippen MR) is 82.2 cm³/mol. The van der Waals surface area contributed by atoms with Crippen LogP contribution in [0, 0.1) is 5.41 Å². The number of benzene rings is 1. The summed E-state index contributed by atoms with van der Waals surface area (Å²) in [6.45, 7) is 4.02. The molecule has 1 saturated heterocycles. The van der Waals surface area contributed by atoms with Gasteiger partial charge in [-0.05, 0) is 60.4 Å². The Bertz CT molecular complexity index is 436. The summed E-state index contributed by atoms with van der Waals surface area (Å²) in [5.74, 6) is 0.169. The van der Waals surface area contributed by atoms with Crippen LogP contribution >= 0.6 is 15.9 Å². The van der Waals surface area contributed by atoms with Crippen LogP contribution in [0.3, 0.4) is 0 Å². The summed E-state index contributed by atoms with van der Waals surface area (Å²) in [4.78, 5) is 12.7. The van der Waals surface area contributed by atoms with Crippen molar-refractivity contribution >= 4 is 27.5 Å². The van der Waals surface area contributed by atoms with Crippen LogP contribution < -0.4 is 10.6 Å². The summed E-state index contributed by atoms with van der Waals surface area (Å²) in [6.07, 6.45) is 3.86. The van der Waals surface area contributed by atoms with Gasteiger partial charge < -0.3 is 10.6 Å². The lowest BCUT2D eigenvalue weighted by Crippen LogP contribution is -2.44. The molecule has 0 spiro atoms. The van der Waals surface area contributed by atoms with E-state index in [0.717, 1.165) is 48.9 Å². The highest BCUT2D eigenvalue weighted by Crippen LogP contribution is 2.36. The molecule has 0 bridgehead atoms. The smallest absolute Gasteiger partial charge is 0.230 e. The molecule has 0 unspecified atom stereocenters. The molecule has 0 atom stereocenters. The average Bonchev–Trinajstić information content (AvgIpc) is 2.42. The van der Waals surface area contributed by atoms with E-state index >= 15 is 0 Å². The molecular weight excluding hydrogens is 304 g/mol. The molecule has 1 aliphatic heterocycles. The third-order valence-electron chi connectivity index (χ3n) is 3.89. The van der Waals surface area contributed by atoms with Crippen molar-refractivity contribution < 1.29 is 4.79 Å². The van der Waals surface area contributed by atoms with Crippen LogP contribution in [0.1, 0.15) is 32.6 Å². The van der Waals surface area contributed by atoms with Gasteiger partial charge in [-0.1, -0.05) is 25.5 Å². The van der Waals surface area contributed by atoms with E-state index in [-0.39, 0.29) is 11.3 Å². The van der Waals surface area contributed by atoms with Gasteiger partial charge in [0.15, 0.2) is 0 Å². The van der Waals surface area contributed by atoms with Crippen molar-refractivity contribution in [1.29, 1.82) is 0 Å². The van der Waals surface area contributed by atoms with Gasteiger partial charge in [0.25, 0.3) is 0 Å². The van der Waals surface area contributed by atoms with E-state index in [1.54, 1.807) is 0 Å². The van der Waals surface area contributed by atoms with Gasteiger partial charge in [-0.25, -0.2) is 0 Å². The number of amides is 1. The fraction of sp³-hybridized carbons (Fsp3) is 0.533. The van der Waals surface area contributed by atoms with Gasteiger partial charge in [0, 0.05) is 4.47 Å². The number of piperidine rings is 1. The van der Waals surface area contributed by atoms with E-state index in [1.807, 2.05) is 24.3 Å². The second kappa shape index (κ2) is 6.53. The second-order valence-electron chi connectivity index (χ2n) is 5.21. The molecule has 1 amide bonds. The van der Waals surface area contributed by atoms with Crippen molar-refractivity contribution in [2.24, 2.45) is 5.41 Å². The Hall–Kier alpha value is -0.870. The Morgan fingerprint density at radius 1 is 1.37 bits per heavy atom. The summed E-state index contributed by atoms with van der Waals surface area (Å²) in [5, 5.41) is 6.43. The number of carbonyl (C=O) groups is 1. The first kappa shape index (κ1) is 14.5. The predicted octanol–water partition coefficient (Wildman–Crippen LogP) is 3.56. The zero-order valence-corrected chi connectivity index (χ0v) is 12.9. The summed E-state index contributed by atoms with van der Waals surface area (Å²) >= 11 is 3.48. The maximum absolute atomic E-state index is 12.7. The molecule has 0 radical (unpaired) electrons. The Kier molecular flexibility index (Phi) is 4.99. The minimum Gasteiger partial charge on any atom is -0.325 e. The van der Waals surface area contributed by atoms with Crippen LogP contribution in [-0.2, 0) is 4.79 Å². The van der Waals surface area contributed by atoms with E-state index in [1.165, 1.54) is 0 Å². The highest BCUT2D eigenvalue weighted by atomic mass is 79.9. The van der Waals surface area contributed by atoms with Gasteiger partial charge in [0.1, 0.15) is 0 Å². The fourth-order valence-corrected chi connectivity index (χ4v) is 3.18. The third-order valence-corrected chi connectivity index (χ3v) is 4.58. The molecule has 0 aromatic heterocycles. The van der Waals surface area contributed by atoms with Crippen molar-refractivity contribution in [2.45, 2.75) is 32.6 Å². The maximum atomic E-state index is 12.7. The molecule has 1 aliphatic rings. The van der Waals surface area contributed by atoms with Crippen LogP contribution in [-0.4, -0.2) is 19.0 Å². The summed E-state index contributed by atoms with van der Waals surface area (Å²) in [5.41, 5.74) is 0.663. The number of anilines is 1. The highest BCUT2D eigenvalue weighted by Gasteiger charge is 2.38. The largest absolute Gasteiger partial charge is 0.325 e. The van der Waals surface area contributed by atoms with Crippen molar-refractivity contribution in [3.8, 4) is 0 Å². The van der Waals surface area contributed by atoms with E-state index in [0.29, 0.717) is 0 Å². The molecule has 4 heteroatoms. The van der Waals surface area contributed by atoms with Crippen molar-refractivity contribution in [3.63, 3.8) is 0 Å². The van der Waals surface area contributed by atoms with Gasteiger partial charge in [0.05, 0.1) is 11.1 Å². The molecule has 1 fully saturated rings. The average molecular weight is 325 g/mol. The molecule has 1 aromatic rings. The standard InChI is InChI=1S/C15H21BrN2O/c1-2-7-15(8-10-17-11-9-15)14(19)18-13-6-4-3-5-12(13)16/h3-6,17H,2,7-11H2,1H3,(H,18,19). The first-order valence-electron chi connectivity index (χ1n) is 6.95. The van der Waals surface area contributed by atoms with Crippen molar-refractivity contribution in [2.75, 3.05) is 18.4 Å². The Balaban J connectivity index is 2.14. The number of para-hydroxylation sites is 1. The van der Waals surface area contributed by atoms with Gasteiger partial charge >= 0.3 is 0 Å². The van der Waals surface area contributed by atoms with E-state index in [4.69, 9.17) is 0 Å². The lowest BCUT2D eigenvalue weighted by Gasteiger charge is -2.36. The van der Waals surface area contributed by atoms with Gasteiger partial charge in [-0.15, -0.1) is 0 Å². The molecule has 0 aliphatic carbocycles. The highest BCUT2D eigenvalue weighted by molar-refractivity contribution is 9.10. The topological polar surface area (TPSA) is 41.1 Å². The minimum absolute atomic E-state index is 0.169. The zero-order chi connectivity index (χ0) is 13.7. The second-order valence-corrected chi connectivity index (χ2v) is 6.07. The van der Waals surface area contributed by atoms with Crippen LogP contribution in [0.5, 0.6) is 0 Å². The van der Waals surface area contributed by atoms with Crippen LogP contribution in [0.15, 0.2) is 28.7 Å². The Morgan fingerprint density at radius 2 is 2.05 bits per heavy atom. The lowest BCUT2D eigenvalue weighted by molar-refractivity contribution is -0.127. The molecule has 2 rings (SSSR count). The lowest BCUT2D eigenvalue weighted by atomic mass is 9.74. The third kappa shape index (κ3) is 3.37. The minimum atomic E-state index is -0.199. The zero-order valence-electron chi connectivity index (χ0n) is 11.3. The number of halogens is 1. The van der Waals surface area contributed by atoms with Gasteiger partial charge in [-0.3, -0.25) is 4.79 Å². The summed E-state index contributed by atoms with van der Waals surface area (Å²) < 4.78 is 0.934. The van der Waals surface area contributed by atoms with Crippen molar-refractivity contribution in [1.82, 2.24) is 5.32 Å². The molecule has 1 aromatic carbocycles. The first-order chi connectivity index (χ1) is 9.18. The monoisotopic (exact) mass is 324 g/mol. The molecule has 2 N–H and O–H groups in total. The van der Waals surface area contributed by atoms with Gasteiger partial charge in [-0.2, -0.15) is 0 Å². The molecular formula is C15H21BrN2O. The quantitative estimate of drug-likeness (QED) is 0.889.